The highest BCUT2D eigenvalue weighted by atomic mass is 32.1. The van der Waals surface area contributed by atoms with E-state index in [0.29, 0.717) is 47.7 Å². The first kappa shape index (κ1) is 25.6. The smallest absolute Gasteiger partial charge is 0.410 e. The molecular formula is C28H29N5O4S. The van der Waals surface area contributed by atoms with Crippen molar-refractivity contribution in [2.75, 3.05) is 18.4 Å². The van der Waals surface area contributed by atoms with E-state index in [0.717, 1.165) is 11.3 Å². The number of piperidine rings is 1. The zero-order valence-electron chi connectivity index (χ0n) is 21.5. The molecule has 0 unspecified atom stereocenters. The minimum absolute atomic E-state index is 0.0752. The number of carbonyl (C=O) groups is 3. The van der Waals surface area contributed by atoms with Crippen LogP contribution in [0.2, 0.25) is 0 Å². The highest BCUT2D eigenvalue weighted by Crippen LogP contribution is 2.27. The van der Waals surface area contributed by atoms with Crippen LogP contribution in [0, 0.1) is 5.92 Å². The van der Waals surface area contributed by atoms with Gasteiger partial charge in [-0.2, -0.15) is 5.10 Å². The number of benzene rings is 1. The van der Waals surface area contributed by atoms with Crippen molar-refractivity contribution in [1.82, 2.24) is 19.5 Å². The molecule has 1 aliphatic heterocycles. The maximum absolute atomic E-state index is 13.0. The summed E-state index contributed by atoms with van der Waals surface area (Å²) in [6.07, 6.45) is 4.00. The van der Waals surface area contributed by atoms with Crippen molar-refractivity contribution >= 4 is 40.5 Å². The lowest BCUT2D eigenvalue weighted by atomic mass is 9.96. The van der Waals surface area contributed by atoms with Crippen molar-refractivity contribution in [2.24, 2.45) is 5.92 Å². The van der Waals surface area contributed by atoms with Crippen molar-refractivity contribution in [1.29, 1.82) is 0 Å². The van der Waals surface area contributed by atoms with E-state index >= 15 is 0 Å². The van der Waals surface area contributed by atoms with E-state index in [4.69, 9.17) is 4.74 Å². The maximum atomic E-state index is 13.0. The Morgan fingerprint density at radius 2 is 1.87 bits per heavy atom. The van der Waals surface area contributed by atoms with Gasteiger partial charge in [0, 0.05) is 36.5 Å². The van der Waals surface area contributed by atoms with Gasteiger partial charge in [0.15, 0.2) is 5.65 Å². The summed E-state index contributed by atoms with van der Waals surface area (Å²) in [6.45, 7) is 6.48. The van der Waals surface area contributed by atoms with Gasteiger partial charge in [-0.25, -0.2) is 14.3 Å². The van der Waals surface area contributed by atoms with Gasteiger partial charge in [0.05, 0.1) is 22.3 Å². The molecule has 0 radical (unpaired) electrons. The van der Waals surface area contributed by atoms with Crippen LogP contribution in [-0.2, 0) is 9.53 Å². The molecule has 10 heteroatoms. The normalized spacial score (nSPS) is 14.4. The molecule has 0 aliphatic carbocycles. The Morgan fingerprint density at radius 3 is 2.58 bits per heavy atom. The number of rotatable bonds is 5. The number of aromatic nitrogens is 3. The van der Waals surface area contributed by atoms with Gasteiger partial charge in [-0.15, -0.1) is 11.3 Å². The number of ether oxygens (including phenoxy) is 1. The summed E-state index contributed by atoms with van der Waals surface area (Å²) in [7, 11) is 0. The molecule has 0 spiro atoms. The second kappa shape index (κ2) is 10.4. The third-order valence-electron chi connectivity index (χ3n) is 6.33. The van der Waals surface area contributed by atoms with E-state index in [-0.39, 0.29) is 23.7 Å². The Hall–Kier alpha value is -4.05. The number of nitrogens with zero attached hydrogens (tertiary/aromatic N) is 4. The van der Waals surface area contributed by atoms with Gasteiger partial charge in [-0.1, -0.05) is 18.2 Å². The molecule has 0 bridgehead atoms. The quantitative estimate of drug-likeness (QED) is 0.352. The molecule has 0 atom stereocenters. The van der Waals surface area contributed by atoms with Gasteiger partial charge in [-0.3, -0.25) is 9.59 Å². The molecule has 5 rings (SSSR count). The first-order valence-electron chi connectivity index (χ1n) is 12.5. The van der Waals surface area contributed by atoms with Crippen LogP contribution >= 0.6 is 11.3 Å². The molecule has 1 saturated heterocycles. The number of fused-ring (bicyclic) bond motifs is 1. The number of likely N-dealkylation sites (tertiary alicyclic amines) is 1. The molecule has 1 aliphatic rings. The average Bonchev–Trinajstić information content (AvgIpc) is 3.58. The first-order valence-corrected chi connectivity index (χ1v) is 13.4. The fraction of sp³-hybridized carbons (Fsp3) is 0.321. The SMILES string of the molecule is CC(C)(C)OC(=O)N1CCC(C(=O)Nc2cccc(-c3ccnc4c(C(=O)c5cccs5)cnn34)c2)CC1. The largest absolute Gasteiger partial charge is 0.444 e. The Morgan fingerprint density at radius 1 is 1.08 bits per heavy atom. The van der Waals surface area contributed by atoms with Crippen LogP contribution in [0.4, 0.5) is 10.5 Å². The van der Waals surface area contributed by atoms with Crippen LogP contribution in [0.1, 0.15) is 48.8 Å². The Kier molecular flexibility index (Phi) is 6.98. The predicted octanol–water partition coefficient (Wildman–Crippen LogP) is 5.27. The van der Waals surface area contributed by atoms with E-state index < -0.39 is 5.60 Å². The third kappa shape index (κ3) is 5.45. The van der Waals surface area contributed by atoms with Crippen molar-refractivity contribution in [3.63, 3.8) is 0 Å². The minimum atomic E-state index is -0.548. The standard InChI is InChI=1S/C28H29N5O4S/c1-28(2,3)37-27(36)32-13-10-18(11-14-32)26(35)31-20-7-4-6-19(16-20)22-9-12-29-25-21(17-30-33(22)25)24(34)23-8-5-15-38-23/h4-9,12,15-18H,10-11,13-14H2,1-3H3,(H,31,35). The van der Waals surface area contributed by atoms with Gasteiger partial charge < -0.3 is 15.0 Å². The number of carbonyl (C=O) groups excluding carboxylic acids is 3. The molecule has 1 fully saturated rings. The molecule has 0 saturated carbocycles. The minimum Gasteiger partial charge on any atom is -0.444 e. The van der Waals surface area contributed by atoms with Crippen molar-refractivity contribution in [3.05, 3.63) is 70.7 Å². The van der Waals surface area contributed by atoms with Gasteiger partial charge in [0.25, 0.3) is 0 Å². The Balaban J connectivity index is 1.28. The molecular weight excluding hydrogens is 502 g/mol. The summed E-state index contributed by atoms with van der Waals surface area (Å²) in [6, 6.07) is 13.0. The Labute approximate surface area is 224 Å². The van der Waals surface area contributed by atoms with Crippen molar-refractivity contribution < 1.29 is 19.1 Å². The fourth-order valence-corrected chi connectivity index (χ4v) is 5.14. The van der Waals surface area contributed by atoms with E-state index in [2.05, 4.69) is 15.4 Å². The number of nitrogens with one attached hydrogen (secondary N) is 1. The maximum Gasteiger partial charge on any atom is 0.410 e. The molecule has 38 heavy (non-hydrogen) atoms. The summed E-state index contributed by atoms with van der Waals surface area (Å²) in [5.74, 6) is -0.380. The summed E-state index contributed by atoms with van der Waals surface area (Å²) < 4.78 is 7.09. The van der Waals surface area contributed by atoms with Gasteiger partial charge >= 0.3 is 6.09 Å². The van der Waals surface area contributed by atoms with E-state index in [1.807, 2.05) is 62.5 Å². The molecule has 196 valence electrons. The van der Waals surface area contributed by atoms with Crippen molar-refractivity contribution in [3.8, 4) is 11.3 Å². The van der Waals surface area contributed by atoms with Gasteiger partial charge in [0.1, 0.15) is 5.60 Å². The Bertz CT molecular complexity index is 1480. The molecule has 1 aromatic carbocycles. The van der Waals surface area contributed by atoms with Crippen LogP contribution in [0.3, 0.4) is 0 Å². The summed E-state index contributed by atoms with van der Waals surface area (Å²) in [4.78, 5) is 44.9. The van der Waals surface area contributed by atoms with Crippen LogP contribution in [0.15, 0.2) is 60.2 Å². The van der Waals surface area contributed by atoms with Crippen molar-refractivity contribution in [2.45, 2.75) is 39.2 Å². The molecule has 9 nitrogen and oxygen atoms in total. The second-order valence-corrected chi connectivity index (χ2v) is 11.2. The van der Waals surface area contributed by atoms with Gasteiger partial charge in [0.2, 0.25) is 11.7 Å². The fourth-order valence-electron chi connectivity index (χ4n) is 4.46. The monoisotopic (exact) mass is 531 g/mol. The highest BCUT2D eigenvalue weighted by Gasteiger charge is 2.30. The summed E-state index contributed by atoms with van der Waals surface area (Å²) in [5.41, 5.74) is 2.61. The number of amides is 2. The second-order valence-electron chi connectivity index (χ2n) is 10.2. The molecule has 1 N–H and O–H groups in total. The van der Waals surface area contributed by atoms with Crippen LogP contribution < -0.4 is 5.32 Å². The zero-order valence-corrected chi connectivity index (χ0v) is 22.3. The lowest BCUT2D eigenvalue weighted by Crippen LogP contribution is -2.43. The zero-order chi connectivity index (χ0) is 26.9. The first-order chi connectivity index (χ1) is 18.2. The van der Waals surface area contributed by atoms with E-state index in [9.17, 15) is 14.4 Å². The lowest BCUT2D eigenvalue weighted by Gasteiger charge is -2.32. The molecule has 4 aromatic rings. The molecule has 2 amide bonds. The number of hydrogen-bond acceptors (Lipinski definition) is 7. The average molecular weight is 532 g/mol. The molecule has 3 aromatic heterocycles. The van der Waals surface area contributed by atoms with E-state index in [1.165, 1.54) is 11.3 Å². The summed E-state index contributed by atoms with van der Waals surface area (Å²) in [5, 5.41) is 9.33. The van der Waals surface area contributed by atoms with Gasteiger partial charge in [-0.05, 0) is 63.3 Å². The lowest BCUT2D eigenvalue weighted by molar-refractivity contribution is -0.121. The predicted molar refractivity (Wildman–Crippen MR) is 145 cm³/mol. The van der Waals surface area contributed by atoms with Crippen LogP contribution in [-0.4, -0.2) is 56.0 Å². The van der Waals surface area contributed by atoms with Crippen LogP contribution in [0.5, 0.6) is 0 Å². The highest BCUT2D eigenvalue weighted by molar-refractivity contribution is 7.12. The van der Waals surface area contributed by atoms with Crippen LogP contribution in [0.25, 0.3) is 16.9 Å². The molecule has 4 heterocycles. The number of ketones is 1. The topological polar surface area (TPSA) is 106 Å². The van der Waals surface area contributed by atoms with E-state index in [1.54, 1.807) is 27.9 Å². The number of thiophene rings is 1. The number of anilines is 1. The number of hydrogen-bond donors (Lipinski definition) is 1. The third-order valence-corrected chi connectivity index (χ3v) is 7.20. The summed E-state index contributed by atoms with van der Waals surface area (Å²) >= 11 is 1.38.